The second kappa shape index (κ2) is 7.89. The number of halogens is 3. The van der Waals surface area contributed by atoms with Gasteiger partial charge in [0, 0.05) is 18.9 Å². The standard InChI is InChI=1S/C19H30F3NO4/c1-5-23-10-14-13-7-6-11(2)12-8-9-18(3,27-24-4)26-17(15(12)13)25-16(14)19(20,21)22/h11-13,15,17,23H,5-10H2,1-4H3/t11-,12?,13+,15?,17-,18-/m1/s1. The lowest BCUT2D eigenvalue weighted by Crippen LogP contribution is -2.50. The second-order valence-electron chi connectivity index (χ2n) is 8.06. The molecule has 27 heavy (non-hydrogen) atoms. The molecule has 2 fully saturated rings. The molecule has 1 saturated heterocycles. The molecule has 156 valence electrons. The summed E-state index contributed by atoms with van der Waals surface area (Å²) in [4.78, 5) is 10.1. The summed E-state index contributed by atoms with van der Waals surface area (Å²) in [5, 5.41) is 3.06. The van der Waals surface area contributed by atoms with Crippen molar-refractivity contribution in [2.45, 2.75) is 64.7 Å². The lowest BCUT2D eigenvalue weighted by Gasteiger charge is -2.48. The average Bonchev–Trinajstić information content (AvgIpc) is 2.73. The van der Waals surface area contributed by atoms with Gasteiger partial charge in [-0.05, 0) is 56.1 Å². The van der Waals surface area contributed by atoms with Crippen molar-refractivity contribution in [2.24, 2.45) is 23.7 Å². The van der Waals surface area contributed by atoms with E-state index in [2.05, 4.69) is 12.2 Å². The molecule has 8 heteroatoms. The molecule has 0 spiro atoms. The molecular formula is C19H30F3NO4. The van der Waals surface area contributed by atoms with Gasteiger partial charge in [0.2, 0.25) is 17.8 Å². The van der Waals surface area contributed by atoms with E-state index >= 15 is 0 Å². The summed E-state index contributed by atoms with van der Waals surface area (Å²) in [5.74, 6) is -1.72. The number of hydrogen-bond acceptors (Lipinski definition) is 5. The van der Waals surface area contributed by atoms with Gasteiger partial charge in [-0.15, -0.1) is 0 Å². The Balaban J connectivity index is 2.02. The van der Waals surface area contributed by atoms with E-state index in [0.29, 0.717) is 30.9 Å². The number of rotatable bonds is 5. The SMILES string of the molecule is CCNCC1=C(C(F)(F)F)O[C@@H]2O[C@](C)(OOC)CCC3C2[C@H]1CC[C@H]3C. The van der Waals surface area contributed by atoms with Crippen LogP contribution in [0.2, 0.25) is 0 Å². The van der Waals surface area contributed by atoms with Crippen molar-refractivity contribution in [3.63, 3.8) is 0 Å². The van der Waals surface area contributed by atoms with Crippen molar-refractivity contribution in [1.82, 2.24) is 5.32 Å². The van der Waals surface area contributed by atoms with Crippen LogP contribution in [-0.4, -0.2) is 38.5 Å². The lowest BCUT2D eigenvalue weighted by molar-refractivity contribution is -0.438. The minimum absolute atomic E-state index is 0.115. The molecule has 5 nitrogen and oxygen atoms in total. The first-order valence-corrected chi connectivity index (χ1v) is 9.77. The maximum absolute atomic E-state index is 13.8. The number of ether oxygens (including phenoxy) is 2. The Bertz CT molecular complexity index is 568. The highest BCUT2D eigenvalue weighted by molar-refractivity contribution is 5.24. The summed E-state index contributed by atoms with van der Waals surface area (Å²) in [6.07, 6.45) is -2.58. The molecule has 2 unspecified atom stereocenters. The minimum Gasteiger partial charge on any atom is -0.459 e. The first-order chi connectivity index (χ1) is 12.7. The number of hydrogen-bond donors (Lipinski definition) is 1. The van der Waals surface area contributed by atoms with E-state index in [0.717, 1.165) is 12.8 Å². The summed E-state index contributed by atoms with van der Waals surface area (Å²) in [5.41, 5.74) is 0.336. The predicted octanol–water partition coefficient (Wildman–Crippen LogP) is 4.15. The highest BCUT2D eigenvalue weighted by Crippen LogP contribution is 2.54. The van der Waals surface area contributed by atoms with Crippen molar-refractivity contribution >= 4 is 0 Å². The van der Waals surface area contributed by atoms with Crippen LogP contribution in [0.25, 0.3) is 0 Å². The van der Waals surface area contributed by atoms with Crippen LogP contribution in [0.5, 0.6) is 0 Å². The van der Waals surface area contributed by atoms with Crippen LogP contribution >= 0.6 is 0 Å². The van der Waals surface area contributed by atoms with Crippen molar-refractivity contribution in [3.05, 3.63) is 11.3 Å². The van der Waals surface area contributed by atoms with Gasteiger partial charge in [0.05, 0.1) is 7.11 Å². The van der Waals surface area contributed by atoms with E-state index in [4.69, 9.17) is 19.2 Å². The minimum atomic E-state index is -4.55. The number of alkyl halides is 3. The molecule has 3 aliphatic rings. The van der Waals surface area contributed by atoms with E-state index < -0.39 is 24.0 Å². The van der Waals surface area contributed by atoms with Gasteiger partial charge in [-0.25, -0.2) is 9.78 Å². The predicted molar refractivity (Wildman–Crippen MR) is 92.2 cm³/mol. The quantitative estimate of drug-likeness (QED) is 0.562. The fraction of sp³-hybridized carbons (Fsp3) is 0.895. The van der Waals surface area contributed by atoms with Crippen LogP contribution in [0.1, 0.15) is 46.5 Å². The molecule has 1 saturated carbocycles. The van der Waals surface area contributed by atoms with Crippen molar-refractivity contribution in [3.8, 4) is 0 Å². The maximum Gasteiger partial charge on any atom is 0.449 e. The van der Waals surface area contributed by atoms with Crippen molar-refractivity contribution in [2.75, 3.05) is 20.2 Å². The van der Waals surface area contributed by atoms with Crippen molar-refractivity contribution < 1.29 is 32.4 Å². The first kappa shape index (κ1) is 20.9. The molecule has 0 bridgehead atoms. The Morgan fingerprint density at radius 3 is 2.63 bits per heavy atom. The van der Waals surface area contributed by atoms with Gasteiger partial charge >= 0.3 is 6.18 Å². The Morgan fingerprint density at radius 2 is 2.00 bits per heavy atom. The largest absolute Gasteiger partial charge is 0.459 e. The molecule has 2 heterocycles. The van der Waals surface area contributed by atoms with Gasteiger partial charge in [0.25, 0.3) is 0 Å². The molecule has 6 atom stereocenters. The molecule has 1 N–H and O–H groups in total. The monoisotopic (exact) mass is 393 g/mol. The second-order valence-corrected chi connectivity index (χ2v) is 8.06. The summed E-state index contributed by atoms with van der Waals surface area (Å²) in [6.45, 7) is 6.54. The fourth-order valence-electron chi connectivity index (χ4n) is 5.03. The van der Waals surface area contributed by atoms with E-state index in [1.54, 1.807) is 6.92 Å². The van der Waals surface area contributed by atoms with E-state index in [-0.39, 0.29) is 24.3 Å². The smallest absolute Gasteiger partial charge is 0.449 e. The topological polar surface area (TPSA) is 49.0 Å². The average molecular weight is 393 g/mol. The van der Waals surface area contributed by atoms with E-state index in [1.807, 2.05) is 6.92 Å². The van der Waals surface area contributed by atoms with Gasteiger partial charge < -0.3 is 14.8 Å². The van der Waals surface area contributed by atoms with E-state index in [1.165, 1.54) is 7.11 Å². The van der Waals surface area contributed by atoms with Gasteiger partial charge in [-0.1, -0.05) is 13.8 Å². The van der Waals surface area contributed by atoms with Gasteiger partial charge in [-0.2, -0.15) is 13.2 Å². The van der Waals surface area contributed by atoms with Crippen LogP contribution in [0.4, 0.5) is 13.2 Å². The Labute approximate surface area is 158 Å². The van der Waals surface area contributed by atoms with Crippen LogP contribution in [-0.2, 0) is 19.2 Å². The number of likely N-dealkylation sites (N-methyl/N-ethyl adjacent to an activating group) is 1. The molecule has 0 amide bonds. The summed E-state index contributed by atoms with van der Waals surface area (Å²) < 4.78 is 52.9. The lowest BCUT2D eigenvalue weighted by atomic mass is 9.62. The highest BCUT2D eigenvalue weighted by atomic mass is 19.4. The molecule has 0 aromatic heterocycles. The zero-order chi connectivity index (χ0) is 19.8. The normalized spacial score (nSPS) is 39.6. The van der Waals surface area contributed by atoms with Crippen LogP contribution in [0.15, 0.2) is 11.3 Å². The van der Waals surface area contributed by atoms with Crippen LogP contribution in [0, 0.1) is 23.7 Å². The zero-order valence-electron chi connectivity index (χ0n) is 16.4. The highest BCUT2D eigenvalue weighted by Gasteiger charge is 2.56. The van der Waals surface area contributed by atoms with Crippen molar-refractivity contribution in [1.29, 1.82) is 0 Å². The third kappa shape index (κ3) is 4.13. The molecule has 0 radical (unpaired) electrons. The van der Waals surface area contributed by atoms with Gasteiger partial charge in [0.15, 0.2) is 0 Å². The summed E-state index contributed by atoms with van der Waals surface area (Å²) in [7, 11) is 1.37. The van der Waals surface area contributed by atoms with E-state index in [9.17, 15) is 13.2 Å². The molecule has 0 aromatic rings. The zero-order valence-corrected chi connectivity index (χ0v) is 16.4. The third-order valence-corrected chi connectivity index (χ3v) is 6.29. The molecular weight excluding hydrogens is 363 g/mol. The molecule has 3 rings (SSSR count). The maximum atomic E-state index is 13.8. The number of allylic oxidation sites excluding steroid dienone is 1. The number of nitrogens with one attached hydrogen (secondary N) is 1. The molecule has 2 aliphatic heterocycles. The summed E-state index contributed by atoms with van der Waals surface area (Å²) >= 11 is 0. The Hall–Kier alpha value is -0.830. The Kier molecular flexibility index (Phi) is 6.11. The fourth-order valence-corrected chi connectivity index (χ4v) is 5.03. The first-order valence-electron chi connectivity index (χ1n) is 9.77. The Morgan fingerprint density at radius 1 is 1.26 bits per heavy atom. The van der Waals surface area contributed by atoms with Gasteiger partial charge in [-0.3, -0.25) is 0 Å². The third-order valence-electron chi connectivity index (χ3n) is 6.29. The van der Waals surface area contributed by atoms with Crippen LogP contribution < -0.4 is 5.32 Å². The van der Waals surface area contributed by atoms with Crippen LogP contribution in [0.3, 0.4) is 0 Å². The molecule has 1 aliphatic carbocycles. The summed E-state index contributed by atoms with van der Waals surface area (Å²) in [6, 6.07) is 0. The molecule has 0 aromatic carbocycles. The van der Waals surface area contributed by atoms with Gasteiger partial charge in [0.1, 0.15) is 0 Å².